The first-order valence-electron chi connectivity index (χ1n) is 7.87. The average molecular weight is 398 g/mol. The number of methoxy groups -OCH3 is 2. The number of aryl methyl sites for hydroxylation is 2. The highest BCUT2D eigenvalue weighted by Gasteiger charge is 2.16. The highest BCUT2D eigenvalue weighted by atomic mass is 35.5. The third kappa shape index (κ3) is 4.68. The van der Waals surface area contributed by atoms with Crippen molar-refractivity contribution in [2.24, 2.45) is 0 Å². The molecule has 1 heterocycles. The van der Waals surface area contributed by atoms with E-state index in [9.17, 15) is 9.59 Å². The number of anilines is 1. The molecule has 0 saturated carbocycles. The van der Waals surface area contributed by atoms with Crippen LogP contribution >= 0.6 is 22.9 Å². The normalized spacial score (nSPS) is 10.3. The number of amides is 1. The van der Waals surface area contributed by atoms with E-state index >= 15 is 0 Å². The van der Waals surface area contributed by atoms with Crippen molar-refractivity contribution in [1.82, 2.24) is 0 Å². The van der Waals surface area contributed by atoms with Gasteiger partial charge in [0.2, 0.25) is 0 Å². The summed E-state index contributed by atoms with van der Waals surface area (Å²) in [5, 5.41) is 2.93. The van der Waals surface area contributed by atoms with Crippen LogP contribution in [0.3, 0.4) is 0 Å². The molecule has 6 nitrogen and oxygen atoms in total. The Balaban J connectivity index is 2.00. The van der Waals surface area contributed by atoms with Gasteiger partial charge in [0.05, 0.1) is 24.9 Å². The number of halogens is 1. The standard InChI is InChI=1S/C18H20ClNO5S/c1-5-11-6-16(26-10(11)2)18(22)25-9-17(21)20-13-7-12(19)14(23-3)8-15(13)24-4/h6-8H,5,9H2,1-4H3,(H,20,21). The van der Waals surface area contributed by atoms with E-state index in [1.54, 1.807) is 12.1 Å². The molecule has 0 unspecified atom stereocenters. The summed E-state index contributed by atoms with van der Waals surface area (Å²) >= 11 is 7.42. The Morgan fingerprint density at radius 2 is 1.85 bits per heavy atom. The summed E-state index contributed by atoms with van der Waals surface area (Å²) in [7, 11) is 2.94. The molecule has 1 N–H and O–H groups in total. The quantitative estimate of drug-likeness (QED) is 0.712. The lowest BCUT2D eigenvalue weighted by atomic mass is 10.2. The maximum atomic E-state index is 12.1. The van der Waals surface area contributed by atoms with Gasteiger partial charge >= 0.3 is 5.97 Å². The SMILES string of the molecule is CCc1cc(C(=O)OCC(=O)Nc2cc(Cl)c(OC)cc2OC)sc1C. The number of carbonyl (C=O) groups is 2. The number of nitrogens with one attached hydrogen (secondary N) is 1. The van der Waals surface area contributed by atoms with E-state index in [0.717, 1.165) is 16.9 Å². The van der Waals surface area contributed by atoms with Crippen LogP contribution in [0.25, 0.3) is 0 Å². The molecule has 0 spiro atoms. The lowest BCUT2D eigenvalue weighted by Crippen LogP contribution is -2.21. The smallest absolute Gasteiger partial charge is 0.348 e. The van der Waals surface area contributed by atoms with Crippen LogP contribution in [0.5, 0.6) is 11.5 Å². The fourth-order valence-electron chi connectivity index (χ4n) is 2.32. The molecule has 0 atom stereocenters. The fraction of sp³-hybridized carbons (Fsp3) is 0.333. The molecule has 2 rings (SSSR count). The van der Waals surface area contributed by atoms with Crippen molar-refractivity contribution >= 4 is 40.5 Å². The molecule has 0 saturated heterocycles. The van der Waals surface area contributed by atoms with Crippen molar-refractivity contribution in [2.75, 3.05) is 26.1 Å². The van der Waals surface area contributed by atoms with E-state index in [2.05, 4.69) is 5.32 Å². The molecule has 0 fully saturated rings. The van der Waals surface area contributed by atoms with Gasteiger partial charge in [0.15, 0.2) is 6.61 Å². The summed E-state index contributed by atoms with van der Waals surface area (Å²) < 4.78 is 15.4. The molecule has 140 valence electrons. The Bertz CT molecular complexity index is 818. The van der Waals surface area contributed by atoms with Gasteiger partial charge in [-0.25, -0.2) is 4.79 Å². The predicted octanol–water partition coefficient (Wildman–Crippen LogP) is 4.09. The zero-order valence-electron chi connectivity index (χ0n) is 15.0. The number of esters is 1. The minimum Gasteiger partial charge on any atom is -0.495 e. The second kappa shape index (κ2) is 8.91. The summed E-state index contributed by atoms with van der Waals surface area (Å²) in [6.07, 6.45) is 0.841. The van der Waals surface area contributed by atoms with E-state index in [0.29, 0.717) is 27.1 Å². The molecule has 2 aromatic rings. The van der Waals surface area contributed by atoms with Gasteiger partial charge in [-0.1, -0.05) is 18.5 Å². The van der Waals surface area contributed by atoms with Crippen molar-refractivity contribution < 1.29 is 23.8 Å². The topological polar surface area (TPSA) is 73.9 Å². The van der Waals surface area contributed by atoms with Crippen molar-refractivity contribution in [3.8, 4) is 11.5 Å². The number of benzene rings is 1. The van der Waals surface area contributed by atoms with E-state index in [1.165, 1.54) is 31.6 Å². The lowest BCUT2D eigenvalue weighted by molar-refractivity contribution is -0.119. The lowest BCUT2D eigenvalue weighted by Gasteiger charge is -2.13. The average Bonchev–Trinajstić information content (AvgIpc) is 3.01. The molecule has 1 amide bonds. The molecular formula is C18H20ClNO5S. The molecular weight excluding hydrogens is 378 g/mol. The molecule has 8 heteroatoms. The van der Waals surface area contributed by atoms with Gasteiger partial charge < -0.3 is 19.5 Å². The van der Waals surface area contributed by atoms with Gasteiger partial charge in [-0.15, -0.1) is 11.3 Å². The fourth-order valence-corrected chi connectivity index (χ4v) is 3.57. The molecule has 0 bridgehead atoms. The maximum absolute atomic E-state index is 12.1. The summed E-state index contributed by atoms with van der Waals surface area (Å²) in [5.41, 5.74) is 1.46. The van der Waals surface area contributed by atoms with E-state index in [4.69, 9.17) is 25.8 Å². The van der Waals surface area contributed by atoms with Crippen LogP contribution in [-0.2, 0) is 16.0 Å². The van der Waals surface area contributed by atoms with Crippen LogP contribution in [0.2, 0.25) is 5.02 Å². The first-order chi connectivity index (χ1) is 12.4. The molecule has 0 radical (unpaired) electrons. The van der Waals surface area contributed by atoms with Gasteiger partial charge in [-0.3, -0.25) is 4.79 Å². The highest BCUT2D eigenvalue weighted by molar-refractivity contribution is 7.14. The zero-order chi connectivity index (χ0) is 19.3. The van der Waals surface area contributed by atoms with Crippen molar-refractivity contribution in [3.05, 3.63) is 38.5 Å². The molecule has 1 aromatic heterocycles. The number of hydrogen-bond acceptors (Lipinski definition) is 6. The van der Waals surface area contributed by atoms with Crippen LogP contribution < -0.4 is 14.8 Å². The summed E-state index contributed by atoms with van der Waals surface area (Å²) in [6, 6.07) is 4.87. The van der Waals surface area contributed by atoms with E-state index < -0.39 is 18.5 Å². The number of carbonyl (C=O) groups excluding carboxylic acids is 2. The van der Waals surface area contributed by atoms with Crippen molar-refractivity contribution in [3.63, 3.8) is 0 Å². The van der Waals surface area contributed by atoms with Crippen LogP contribution in [-0.4, -0.2) is 32.7 Å². The zero-order valence-corrected chi connectivity index (χ0v) is 16.5. The number of rotatable bonds is 7. The van der Waals surface area contributed by atoms with Crippen molar-refractivity contribution in [1.29, 1.82) is 0 Å². The van der Waals surface area contributed by atoms with Crippen LogP contribution in [0.15, 0.2) is 18.2 Å². The Hall–Kier alpha value is -2.25. The van der Waals surface area contributed by atoms with Crippen molar-refractivity contribution in [2.45, 2.75) is 20.3 Å². The maximum Gasteiger partial charge on any atom is 0.348 e. The van der Waals surface area contributed by atoms with Gasteiger partial charge in [-0.2, -0.15) is 0 Å². The number of thiophene rings is 1. The molecule has 26 heavy (non-hydrogen) atoms. The largest absolute Gasteiger partial charge is 0.495 e. The first kappa shape index (κ1) is 20.1. The minimum atomic E-state index is -0.521. The summed E-state index contributed by atoms with van der Waals surface area (Å²) in [6.45, 7) is 3.56. The third-order valence-electron chi connectivity index (χ3n) is 3.69. The van der Waals surface area contributed by atoms with Gasteiger partial charge in [0, 0.05) is 10.9 Å². The molecule has 0 aliphatic heterocycles. The summed E-state index contributed by atoms with van der Waals surface area (Å²) in [4.78, 5) is 25.7. The Labute approximate surface area is 161 Å². The van der Waals surface area contributed by atoms with E-state index in [-0.39, 0.29) is 0 Å². The Morgan fingerprint density at radius 3 is 2.42 bits per heavy atom. The predicted molar refractivity (Wildman–Crippen MR) is 102 cm³/mol. The van der Waals surface area contributed by atoms with Crippen LogP contribution in [0, 0.1) is 6.92 Å². The van der Waals surface area contributed by atoms with Crippen LogP contribution in [0.4, 0.5) is 5.69 Å². The molecule has 0 aliphatic carbocycles. The van der Waals surface area contributed by atoms with Gasteiger partial charge in [0.1, 0.15) is 16.4 Å². The monoisotopic (exact) mass is 397 g/mol. The Kier molecular flexibility index (Phi) is 6.88. The molecule has 1 aromatic carbocycles. The van der Waals surface area contributed by atoms with E-state index in [1.807, 2.05) is 13.8 Å². The number of ether oxygens (including phenoxy) is 3. The van der Waals surface area contributed by atoms with Gasteiger partial charge in [0.25, 0.3) is 5.91 Å². The number of hydrogen-bond donors (Lipinski definition) is 1. The molecule has 0 aliphatic rings. The minimum absolute atomic E-state index is 0.321. The second-order valence-corrected chi connectivity index (χ2v) is 7.02. The highest BCUT2D eigenvalue weighted by Crippen LogP contribution is 2.35. The first-order valence-corrected chi connectivity index (χ1v) is 9.06. The Morgan fingerprint density at radius 1 is 1.15 bits per heavy atom. The second-order valence-electron chi connectivity index (χ2n) is 5.36. The summed E-state index contributed by atoms with van der Waals surface area (Å²) in [5.74, 6) is -0.213. The van der Waals surface area contributed by atoms with Gasteiger partial charge in [-0.05, 0) is 31.0 Å². The van der Waals surface area contributed by atoms with Crippen LogP contribution in [0.1, 0.15) is 27.0 Å². The third-order valence-corrected chi connectivity index (χ3v) is 5.05.